The van der Waals surface area contributed by atoms with E-state index in [4.69, 9.17) is 4.74 Å². The Morgan fingerprint density at radius 2 is 1.75 bits per heavy atom. The summed E-state index contributed by atoms with van der Waals surface area (Å²) in [5, 5.41) is 2.83. The molecule has 3 rings (SSSR count). The Balaban J connectivity index is 1.82. The number of rotatable bonds is 6. The number of carbonyl (C=O) groups is 2. The number of amides is 1. The van der Waals surface area contributed by atoms with Crippen molar-refractivity contribution in [1.29, 1.82) is 0 Å². The van der Waals surface area contributed by atoms with Gasteiger partial charge in [0, 0.05) is 24.3 Å². The maximum absolute atomic E-state index is 13.1. The predicted octanol–water partition coefficient (Wildman–Crippen LogP) is 4.15. The van der Waals surface area contributed by atoms with Crippen LogP contribution in [0.2, 0.25) is 0 Å². The van der Waals surface area contributed by atoms with E-state index in [1.807, 2.05) is 0 Å². The Morgan fingerprint density at radius 3 is 2.38 bits per heavy atom. The highest BCUT2D eigenvalue weighted by Crippen LogP contribution is 2.26. The molecular weight excluding hydrogens is 428 g/mol. The van der Waals surface area contributed by atoms with Crippen LogP contribution in [0.1, 0.15) is 58.5 Å². The molecule has 172 valence electrons. The number of hydrogen-bond acceptors (Lipinski definition) is 5. The molecule has 32 heavy (non-hydrogen) atoms. The number of sulfonamides is 1. The summed E-state index contributed by atoms with van der Waals surface area (Å²) in [5.41, 5.74) is 2.62. The monoisotopic (exact) mass is 458 g/mol. The molecule has 1 N–H and O–H groups in total. The number of nitrogens with zero attached hydrogens (tertiary/aromatic N) is 1. The lowest BCUT2D eigenvalue weighted by molar-refractivity contribution is 0.0526. The zero-order chi connectivity index (χ0) is 23.5. The molecule has 2 aromatic rings. The number of carbonyl (C=O) groups excluding carboxylic acids is 2. The molecule has 0 aromatic heterocycles. The predicted molar refractivity (Wildman–Crippen MR) is 123 cm³/mol. The molecule has 1 amide bonds. The van der Waals surface area contributed by atoms with Gasteiger partial charge < -0.3 is 10.1 Å². The van der Waals surface area contributed by atoms with E-state index < -0.39 is 21.9 Å². The molecular formula is C24H30N2O5S. The van der Waals surface area contributed by atoms with Gasteiger partial charge in [0.05, 0.1) is 17.1 Å². The first kappa shape index (κ1) is 23.9. The number of ether oxygens (including phenoxy) is 1. The fourth-order valence-electron chi connectivity index (χ4n) is 3.72. The van der Waals surface area contributed by atoms with Crippen molar-refractivity contribution in [3.05, 3.63) is 58.7 Å². The minimum absolute atomic E-state index is 0.122. The first-order chi connectivity index (χ1) is 15.1. The normalized spacial score (nSPS) is 15.4. The van der Waals surface area contributed by atoms with Gasteiger partial charge in [-0.15, -0.1) is 0 Å². The SMILES string of the molecule is CCOC(=O)c1ccc(NC(=O)c2cc(S(=O)(=O)N3CCC(C)CC3)ccc2C)c(C)c1. The molecule has 0 atom stereocenters. The topological polar surface area (TPSA) is 92.8 Å². The van der Waals surface area contributed by atoms with Gasteiger partial charge in [0.15, 0.2) is 0 Å². The number of hydrogen-bond donors (Lipinski definition) is 1. The van der Waals surface area contributed by atoms with E-state index in [0.717, 1.165) is 12.8 Å². The van der Waals surface area contributed by atoms with Gasteiger partial charge in [-0.1, -0.05) is 13.0 Å². The lowest BCUT2D eigenvalue weighted by Gasteiger charge is -2.29. The lowest BCUT2D eigenvalue weighted by Crippen LogP contribution is -2.38. The van der Waals surface area contributed by atoms with Crippen LogP contribution >= 0.6 is 0 Å². The Morgan fingerprint density at radius 1 is 1.06 bits per heavy atom. The second-order valence-corrected chi connectivity index (χ2v) is 10.2. The number of nitrogens with one attached hydrogen (secondary N) is 1. The fourth-order valence-corrected chi connectivity index (χ4v) is 5.21. The maximum Gasteiger partial charge on any atom is 0.338 e. The second kappa shape index (κ2) is 9.83. The van der Waals surface area contributed by atoms with Gasteiger partial charge in [-0.25, -0.2) is 13.2 Å². The van der Waals surface area contributed by atoms with Gasteiger partial charge in [0.25, 0.3) is 5.91 Å². The van der Waals surface area contributed by atoms with Crippen molar-refractivity contribution in [2.24, 2.45) is 5.92 Å². The highest BCUT2D eigenvalue weighted by atomic mass is 32.2. The molecule has 0 bridgehead atoms. The summed E-state index contributed by atoms with van der Waals surface area (Å²) in [4.78, 5) is 25.0. The molecule has 2 aromatic carbocycles. The zero-order valence-electron chi connectivity index (χ0n) is 19.0. The second-order valence-electron chi connectivity index (χ2n) is 8.27. The molecule has 1 aliphatic heterocycles. The average molecular weight is 459 g/mol. The molecule has 1 aliphatic rings. The number of piperidine rings is 1. The van der Waals surface area contributed by atoms with Crippen LogP contribution in [0.25, 0.3) is 0 Å². The van der Waals surface area contributed by atoms with E-state index in [1.54, 1.807) is 51.1 Å². The minimum atomic E-state index is -3.66. The maximum atomic E-state index is 13.1. The number of benzene rings is 2. The molecule has 1 saturated heterocycles. The van der Waals surface area contributed by atoms with Crippen molar-refractivity contribution in [3.63, 3.8) is 0 Å². The van der Waals surface area contributed by atoms with Gasteiger partial charge in [-0.3, -0.25) is 4.79 Å². The largest absolute Gasteiger partial charge is 0.462 e. The van der Waals surface area contributed by atoms with Gasteiger partial charge in [-0.2, -0.15) is 4.31 Å². The smallest absolute Gasteiger partial charge is 0.338 e. The van der Waals surface area contributed by atoms with Crippen molar-refractivity contribution < 1.29 is 22.7 Å². The summed E-state index contributed by atoms with van der Waals surface area (Å²) in [5.74, 6) is -0.313. The van der Waals surface area contributed by atoms with Crippen molar-refractivity contribution in [2.75, 3.05) is 25.0 Å². The first-order valence-electron chi connectivity index (χ1n) is 10.8. The highest BCUT2D eigenvalue weighted by Gasteiger charge is 2.29. The number of esters is 1. The van der Waals surface area contributed by atoms with Crippen molar-refractivity contribution in [2.45, 2.75) is 45.4 Å². The summed E-state index contributed by atoms with van der Waals surface area (Å²) in [7, 11) is -3.66. The van der Waals surface area contributed by atoms with E-state index in [0.29, 0.717) is 46.9 Å². The van der Waals surface area contributed by atoms with Crippen LogP contribution < -0.4 is 5.32 Å². The summed E-state index contributed by atoms with van der Waals surface area (Å²) < 4.78 is 32.7. The first-order valence-corrected chi connectivity index (χ1v) is 12.3. The molecule has 0 spiro atoms. The van der Waals surface area contributed by atoms with Crippen LogP contribution in [0.3, 0.4) is 0 Å². The Bertz CT molecular complexity index is 1120. The highest BCUT2D eigenvalue weighted by molar-refractivity contribution is 7.89. The summed E-state index contributed by atoms with van der Waals surface area (Å²) >= 11 is 0. The van der Waals surface area contributed by atoms with Crippen molar-refractivity contribution in [1.82, 2.24) is 4.31 Å². The third-order valence-corrected chi connectivity index (χ3v) is 7.71. The zero-order valence-corrected chi connectivity index (χ0v) is 19.8. The summed E-state index contributed by atoms with van der Waals surface area (Å²) in [6.45, 7) is 8.68. The van der Waals surface area contributed by atoms with Crippen LogP contribution in [0.4, 0.5) is 5.69 Å². The molecule has 0 saturated carbocycles. The Labute approximate surface area is 189 Å². The Kier molecular flexibility index (Phi) is 7.36. The quantitative estimate of drug-likeness (QED) is 0.657. The van der Waals surface area contributed by atoms with Crippen LogP contribution in [0, 0.1) is 19.8 Å². The Hall–Kier alpha value is -2.71. The fraction of sp³-hybridized carbons (Fsp3) is 0.417. The molecule has 1 fully saturated rings. The van der Waals surface area contributed by atoms with E-state index in [-0.39, 0.29) is 11.5 Å². The van der Waals surface area contributed by atoms with Crippen molar-refractivity contribution in [3.8, 4) is 0 Å². The summed E-state index contributed by atoms with van der Waals surface area (Å²) in [6.07, 6.45) is 1.67. The third-order valence-electron chi connectivity index (χ3n) is 5.82. The van der Waals surface area contributed by atoms with E-state index in [9.17, 15) is 18.0 Å². The number of anilines is 1. The lowest BCUT2D eigenvalue weighted by atomic mass is 10.0. The van der Waals surface area contributed by atoms with E-state index in [1.165, 1.54) is 10.4 Å². The van der Waals surface area contributed by atoms with Crippen LogP contribution in [0.15, 0.2) is 41.3 Å². The van der Waals surface area contributed by atoms with Gasteiger partial charge >= 0.3 is 5.97 Å². The third kappa shape index (κ3) is 5.19. The number of aryl methyl sites for hydroxylation is 2. The van der Waals surface area contributed by atoms with Crippen LogP contribution in [0.5, 0.6) is 0 Å². The molecule has 0 unspecified atom stereocenters. The van der Waals surface area contributed by atoms with Gasteiger partial charge in [-0.05, 0) is 81.0 Å². The summed E-state index contributed by atoms with van der Waals surface area (Å²) in [6, 6.07) is 9.54. The van der Waals surface area contributed by atoms with E-state index in [2.05, 4.69) is 12.2 Å². The van der Waals surface area contributed by atoms with Crippen LogP contribution in [-0.2, 0) is 14.8 Å². The standard InChI is InChI=1S/C24H30N2O5S/c1-5-31-24(28)19-7-9-22(18(4)14-19)25-23(27)21-15-20(8-6-17(21)3)32(29,30)26-12-10-16(2)11-13-26/h6-9,14-16H,5,10-13H2,1-4H3,(H,25,27). The molecule has 7 nitrogen and oxygen atoms in total. The average Bonchev–Trinajstić information content (AvgIpc) is 2.75. The van der Waals surface area contributed by atoms with Gasteiger partial charge in [0.2, 0.25) is 10.0 Å². The molecule has 0 aliphatic carbocycles. The van der Waals surface area contributed by atoms with E-state index >= 15 is 0 Å². The van der Waals surface area contributed by atoms with Gasteiger partial charge in [0.1, 0.15) is 0 Å². The molecule has 1 heterocycles. The minimum Gasteiger partial charge on any atom is -0.462 e. The molecule has 8 heteroatoms. The van der Waals surface area contributed by atoms with Crippen LogP contribution in [-0.4, -0.2) is 44.3 Å². The molecule has 0 radical (unpaired) electrons. The van der Waals surface area contributed by atoms with Crippen molar-refractivity contribution >= 4 is 27.6 Å².